The lowest BCUT2D eigenvalue weighted by molar-refractivity contribution is -0.390. The Labute approximate surface area is 192 Å². The average molecular weight is 442 g/mol. The first-order valence-corrected chi connectivity index (χ1v) is 13.0. The maximum absolute atomic E-state index is 6.86. The molecular weight excluding hydrogens is 402 g/mol. The fraction of sp³-hybridized carbons (Fsp3) is 0.778. The van der Waals surface area contributed by atoms with Crippen molar-refractivity contribution in [1.82, 2.24) is 4.90 Å². The first-order valence-electron chi connectivity index (χ1n) is 13.0. The summed E-state index contributed by atoms with van der Waals surface area (Å²) < 4.78 is 12.8. The van der Waals surface area contributed by atoms with Gasteiger partial charge in [-0.25, -0.2) is 0 Å². The van der Waals surface area contributed by atoms with Crippen molar-refractivity contribution < 1.29 is 19.2 Å². The summed E-state index contributed by atoms with van der Waals surface area (Å²) in [6.45, 7) is 1.82. The molecule has 1 heterocycles. The number of ether oxygens (including phenoxy) is 2. The highest BCUT2D eigenvalue weighted by Crippen LogP contribution is 2.64. The monoisotopic (exact) mass is 441 g/mol. The summed E-state index contributed by atoms with van der Waals surface area (Å²) in [5, 5.41) is 0. The van der Waals surface area contributed by atoms with Crippen LogP contribution in [0.5, 0.6) is 5.75 Å². The zero-order chi connectivity index (χ0) is 21.8. The van der Waals surface area contributed by atoms with Crippen LogP contribution in [0, 0.1) is 23.7 Å². The fourth-order valence-corrected chi connectivity index (χ4v) is 7.59. The van der Waals surface area contributed by atoms with Gasteiger partial charge in [0.2, 0.25) is 11.6 Å². The van der Waals surface area contributed by atoms with Crippen molar-refractivity contribution in [2.24, 2.45) is 23.7 Å². The molecule has 6 aliphatic rings. The van der Waals surface area contributed by atoms with Gasteiger partial charge in [0.15, 0.2) is 0 Å². The van der Waals surface area contributed by atoms with Crippen molar-refractivity contribution in [3.05, 3.63) is 29.8 Å². The van der Waals surface area contributed by atoms with E-state index in [4.69, 9.17) is 19.2 Å². The molecule has 1 aromatic carbocycles. The number of nitrogens with zero attached hydrogens (tertiary/aromatic N) is 1. The van der Waals surface area contributed by atoms with Crippen molar-refractivity contribution >= 4 is 0 Å². The number of rotatable bonds is 6. The molecule has 1 saturated heterocycles. The second-order valence-electron chi connectivity index (χ2n) is 11.6. The van der Waals surface area contributed by atoms with Crippen molar-refractivity contribution in [3.63, 3.8) is 0 Å². The topological polar surface area (TPSA) is 40.2 Å². The lowest BCUT2D eigenvalue weighted by atomic mass is 9.53. The Morgan fingerprint density at radius 2 is 1.56 bits per heavy atom. The minimum Gasteiger partial charge on any atom is -0.494 e. The van der Waals surface area contributed by atoms with Crippen LogP contribution in [0.4, 0.5) is 0 Å². The Morgan fingerprint density at radius 3 is 2.19 bits per heavy atom. The van der Waals surface area contributed by atoms with E-state index >= 15 is 0 Å². The molecule has 0 unspecified atom stereocenters. The van der Waals surface area contributed by atoms with E-state index in [1.807, 2.05) is 0 Å². The van der Waals surface area contributed by atoms with Gasteiger partial charge in [0.25, 0.3) is 0 Å². The molecule has 5 nitrogen and oxygen atoms in total. The summed E-state index contributed by atoms with van der Waals surface area (Å²) in [6, 6.07) is 8.75. The van der Waals surface area contributed by atoms with Crippen LogP contribution in [0.2, 0.25) is 0 Å². The van der Waals surface area contributed by atoms with E-state index in [2.05, 4.69) is 43.3 Å². The molecule has 1 aromatic rings. The molecule has 5 saturated carbocycles. The molecule has 32 heavy (non-hydrogen) atoms. The Bertz CT molecular complexity index is 770. The van der Waals surface area contributed by atoms with E-state index in [0.29, 0.717) is 17.8 Å². The van der Waals surface area contributed by atoms with Gasteiger partial charge in [-0.2, -0.15) is 9.78 Å². The van der Waals surface area contributed by atoms with Crippen LogP contribution in [0.1, 0.15) is 75.7 Å². The van der Waals surface area contributed by atoms with Gasteiger partial charge < -0.3 is 14.4 Å². The molecule has 5 heteroatoms. The van der Waals surface area contributed by atoms with E-state index in [9.17, 15) is 0 Å². The summed E-state index contributed by atoms with van der Waals surface area (Å²) >= 11 is 0. The number of hydrogen-bond donors (Lipinski definition) is 0. The summed E-state index contributed by atoms with van der Waals surface area (Å²) in [7, 11) is 4.19. The Morgan fingerprint density at radius 1 is 0.906 bits per heavy atom. The van der Waals surface area contributed by atoms with Crippen LogP contribution >= 0.6 is 0 Å². The molecule has 0 atom stereocenters. The molecule has 4 bridgehead atoms. The lowest BCUT2D eigenvalue weighted by Crippen LogP contribution is -2.59. The third kappa shape index (κ3) is 3.79. The molecule has 1 aliphatic heterocycles. The predicted octanol–water partition coefficient (Wildman–Crippen LogP) is 5.50. The highest BCUT2D eigenvalue weighted by molar-refractivity contribution is 5.30. The third-order valence-electron chi connectivity index (χ3n) is 9.06. The molecule has 0 N–H and O–H groups in total. The van der Waals surface area contributed by atoms with Gasteiger partial charge in [-0.05, 0) is 101 Å². The maximum Gasteiger partial charge on any atom is 0.210 e. The van der Waals surface area contributed by atoms with Crippen molar-refractivity contribution in [2.75, 3.05) is 27.2 Å². The zero-order valence-electron chi connectivity index (χ0n) is 19.8. The van der Waals surface area contributed by atoms with Gasteiger partial charge >= 0.3 is 0 Å². The smallest absolute Gasteiger partial charge is 0.210 e. The fourth-order valence-electron chi connectivity index (χ4n) is 7.59. The minimum atomic E-state index is -0.513. The van der Waals surface area contributed by atoms with E-state index in [1.165, 1.54) is 37.7 Å². The summed E-state index contributed by atoms with van der Waals surface area (Å²) in [5.41, 5.74) is 1.41. The van der Waals surface area contributed by atoms with Crippen LogP contribution in [-0.2, 0) is 14.5 Å². The summed E-state index contributed by atoms with van der Waals surface area (Å²) in [5.74, 6) is 3.48. The van der Waals surface area contributed by atoms with E-state index in [0.717, 1.165) is 62.8 Å². The van der Waals surface area contributed by atoms with Crippen LogP contribution in [0.25, 0.3) is 0 Å². The Kier molecular flexibility index (Phi) is 5.53. The number of hydrogen-bond acceptors (Lipinski definition) is 5. The predicted molar refractivity (Wildman–Crippen MR) is 122 cm³/mol. The molecule has 7 rings (SSSR count). The van der Waals surface area contributed by atoms with Gasteiger partial charge in [-0.1, -0.05) is 12.1 Å². The molecule has 2 spiro atoms. The molecule has 176 valence electrons. The molecule has 5 aliphatic carbocycles. The minimum absolute atomic E-state index is 0.439. The van der Waals surface area contributed by atoms with Crippen molar-refractivity contribution in [2.45, 2.75) is 81.7 Å². The molecule has 0 aromatic heterocycles. The van der Waals surface area contributed by atoms with Gasteiger partial charge in [-0.15, -0.1) is 0 Å². The van der Waals surface area contributed by atoms with Gasteiger partial charge in [0.05, 0.1) is 6.61 Å². The summed E-state index contributed by atoms with van der Waals surface area (Å²) in [6.07, 6.45) is 11.6. The van der Waals surface area contributed by atoms with E-state index in [-0.39, 0.29) is 0 Å². The Balaban J connectivity index is 1.04. The zero-order valence-corrected chi connectivity index (χ0v) is 19.8. The third-order valence-corrected chi connectivity index (χ3v) is 9.06. The SMILES string of the molecule is CN(C)CCCOc1ccc([C@H]2CC[C@]3(CC2)OO[C@]2(O3)C3CC4CC(C3)CC2C4)cc1. The highest BCUT2D eigenvalue weighted by atomic mass is 17.3. The normalized spacial score (nSPS) is 42.4. The van der Waals surface area contributed by atoms with Crippen LogP contribution in [0.15, 0.2) is 24.3 Å². The maximum atomic E-state index is 6.86. The second-order valence-corrected chi connectivity index (χ2v) is 11.6. The molecule has 0 radical (unpaired) electrons. The van der Waals surface area contributed by atoms with Crippen LogP contribution in [0.3, 0.4) is 0 Å². The van der Waals surface area contributed by atoms with Crippen molar-refractivity contribution in [1.29, 1.82) is 0 Å². The quantitative estimate of drug-likeness (QED) is 0.430. The van der Waals surface area contributed by atoms with E-state index < -0.39 is 11.6 Å². The average Bonchev–Trinajstić information content (AvgIpc) is 3.15. The van der Waals surface area contributed by atoms with Gasteiger partial charge in [-0.3, -0.25) is 0 Å². The van der Waals surface area contributed by atoms with Crippen LogP contribution in [-0.4, -0.2) is 43.7 Å². The van der Waals surface area contributed by atoms with Crippen molar-refractivity contribution in [3.8, 4) is 5.75 Å². The Hall–Kier alpha value is -1.14. The van der Waals surface area contributed by atoms with E-state index in [1.54, 1.807) is 0 Å². The molecular formula is C27H39NO4. The first kappa shape index (κ1) is 21.4. The van der Waals surface area contributed by atoms with Gasteiger partial charge in [0.1, 0.15) is 5.75 Å². The molecule has 6 fully saturated rings. The van der Waals surface area contributed by atoms with Gasteiger partial charge in [0, 0.05) is 31.2 Å². The number of benzene rings is 1. The molecule has 0 amide bonds. The second kappa shape index (κ2) is 8.26. The largest absolute Gasteiger partial charge is 0.494 e. The first-order chi connectivity index (χ1) is 15.5. The summed E-state index contributed by atoms with van der Waals surface area (Å²) in [4.78, 5) is 14.5. The lowest BCUT2D eigenvalue weighted by Gasteiger charge is -2.57. The van der Waals surface area contributed by atoms with Crippen LogP contribution < -0.4 is 4.74 Å². The highest BCUT2D eigenvalue weighted by Gasteiger charge is 2.66. The standard InChI is InChI=1S/C27H39NO4/c1-28(2)12-3-13-29-25-6-4-21(5-7-25)22-8-10-26(11-9-22)30-27(32-31-26)23-15-19-14-20(17-23)18-24(27)16-19/h4-7,19-20,22-24H,3,8-18H2,1-2H3/t19?,20?,22-,23?,24?,26+,27-.